The molecule has 2 aromatic carbocycles. The number of nitrogens with zero attached hydrogens (tertiary/aromatic N) is 4. The van der Waals surface area contributed by atoms with Crippen LogP contribution in [0.5, 0.6) is 0 Å². The summed E-state index contributed by atoms with van der Waals surface area (Å²) in [6, 6.07) is 11.2. The van der Waals surface area contributed by atoms with E-state index in [2.05, 4.69) is 41.4 Å². The Balaban J connectivity index is 1.25. The second-order valence-corrected chi connectivity index (χ2v) is 11.7. The Morgan fingerprint density at radius 2 is 1.83 bits per heavy atom. The monoisotopic (exact) mass is 586 g/mol. The summed E-state index contributed by atoms with van der Waals surface area (Å²) >= 11 is 6.29. The van der Waals surface area contributed by atoms with Crippen LogP contribution in [0.4, 0.5) is 20.4 Å². The molecule has 1 aromatic heterocycles. The summed E-state index contributed by atoms with van der Waals surface area (Å²) in [5.41, 5.74) is 3.87. The van der Waals surface area contributed by atoms with Crippen LogP contribution in [0.25, 0.3) is 11.1 Å². The first kappa shape index (κ1) is 27.9. The Bertz CT molecular complexity index is 1690. The summed E-state index contributed by atoms with van der Waals surface area (Å²) in [5, 5.41) is 6.81. The van der Waals surface area contributed by atoms with Crippen LogP contribution in [0, 0.1) is 11.6 Å². The number of amides is 1. The molecular weight excluding hydrogens is 558 g/mol. The van der Waals surface area contributed by atoms with E-state index in [-0.39, 0.29) is 28.2 Å². The second kappa shape index (κ2) is 10.9. The van der Waals surface area contributed by atoms with Gasteiger partial charge in [-0.25, -0.2) is 23.7 Å². The van der Waals surface area contributed by atoms with Crippen molar-refractivity contribution in [3.8, 4) is 0 Å². The molecule has 0 radical (unpaired) electrons. The van der Waals surface area contributed by atoms with E-state index in [1.807, 2.05) is 23.1 Å². The number of rotatable bonds is 4. The molecule has 3 heterocycles. The minimum Gasteiger partial charge on any atom is -0.335 e. The van der Waals surface area contributed by atoms with Crippen molar-refractivity contribution in [2.24, 2.45) is 4.99 Å². The molecule has 0 saturated carbocycles. The first-order valence-corrected chi connectivity index (χ1v) is 14.1. The van der Waals surface area contributed by atoms with Crippen LogP contribution in [0.1, 0.15) is 48.0 Å². The number of hydrogen-bond acceptors (Lipinski definition) is 6. The van der Waals surface area contributed by atoms with Crippen LogP contribution >= 0.6 is 11.6 Å². The van der Waals surface area contributed by atoms with Gasteiger partial charge in [0.05, 0.1) is 11.3 Å². The molecule has 2 N–H and O–H groups in total. The molecule has 1 aliphatic carbocycles. The first-order valence-electron chi connectivity index (χ1n) is 13.7. The van der Waals surface area contributed by atoms with Crippen molar-refractivity contribution in [1.82, 2.24) is 20.2 Å². The van der Waals surface area contributed by atoms with Gasteiger partial charge >= 0.3 is 0 Å². The smallest absolute Gasteiger partial charge is 0.253 e. The van der Waals surface area contributed by atoms with Gasteiger partial charge in [0.2, 0.25) is 5.95 Å². The molecule has 1 unspecified atom stereocenters. The largest absolute Gasteiger partial charge is 0.335 e. The molecule has 6 rings (SSSR count). The van der Waals surface area contributed by atoms with Crippen molar-refractivity contribution in [3.63, 3.8) is 0 Å². The van der Waals surface area contributed by atoms with Crippen LogP contribution < -0.4 is 10.6 Å². The van der Waals surface area contributed by atoms with Crippen molar-refractivity contribution in [3.05, 3.63) is 107 Å². The summed E-state index contributed by atoms with van der Waals surface area (Å²) in [4.78, 5) is 28.6. The lowest BCUT2D eigenvalue weighted by atomic mass is 9.84. The van der Waals surface area contributed by atoms with Gasteiger partial charge in [-0.1, -0.05) is 23.7 Å². The summed E-state index contributed by atoms with van der Waals surface area (Å²) in [6.07, 6.45) is 7.08. The van der Waals surface area contributed by atoms with Gasteiger partial charge in [0.25, 0.3) is 5.91 Å². The van der Waals surface area contributed by atoms with Gasteiger partial charge in [-0.2, -0.15) is 0 Å². The molecule has 1 atom stereocenters. The Hall–Kier alpha value is -4.21. The number of carbonyl (C=O) groups excluding carboxylic acids is 1. The number of nitrogens with one attached hydrogen (secondary N) is 2. The maximum absolute atomic E-state index is 14.8. The second-order valence-electron chi connectivity index (χ2n) is 11.4. The van der Waals surface area contributed by atoms with Crippen molar-refractivity contribution >= 4 is 45.5 Å². The average Bonchev–Trinajstić information content (AvgIpc) is 3.10. The van der Waals surface area contributed by atoms with Crippen LogP contribution in [0.15, 0.2) is 77.6 Å². The Labute approximate surface area is 247 Å². The maximum Gasteiger partial charge on any atom is 0.253 e. The van der Waals surface area contributed by atoms with Gasteiger partial charge in [0.1, 0.15) is 16.8 Å². The summed E-state index contributed by atoms with van der Waals surface area (Å²) in [5.74, 6) is -1.07. The van der Waals surface area contributed by atoms with Crippen molar-refractivity contribution in [2.75, 3.05) is 18.4 Å². The van der Waals surface area contributed by atoms with Gasteiger partial charge in [0, 0.05) is 59.5 Å². The van der Waals surface area contributed by atoms with Crippen LogP contribution in [-0.2, 0) is 6.42 Å². The Kier molecular flexibility index (Phi) is 7.24. The summed E-state index contributed by atoms with van der Waals surface area (Å²) < 4.78 is 29.6. The highest BCUT2D eigenvalue weighted by Crippen LogP contribution is 2.41. The van der Waals surface area contributed by atoms with Gasteiger partial charge in [-0.05, 0) is 80.8 Å². The number of benzene rings is 2. The molecule has 42 heavy (non-hydrogen) atoms. The van der Waals surface area contributed by atoms with E-state index in [1.165, 1.54) is 24.3 Å². The predicted molar refractivity (Wildman–Crippen MR) is 162 cm³/mol. The topological polar surface area (TPSA) is 82.5 Å². The average molecular weight is 587 g/mol. The summed E-state index contributed by atoms with van der Waals surface area (Å²) in [7, 11) is 0. The predicted octanol–water partition coefficient (Wildman–Crippen LogP) is 6.27. The molecule has 1 saturated heterocycles. The molecule has 1 fully saturated rings. The molecule has 3 aromatic rings. The maximum atomic E-state index is 14.8. The number of piperazine rings is 1. The highest BCUT2D eigenvalue weighted by Gasteiger charge is 2.33. The van der Waals surface area contributed by atoms with Gasteiger partial charge in [-0.3, -0.25) is 4.79 Å². The zero-order valence-corrected chi connectivity index (χ0v) is 24.1. The highest BCUT2D eigenvalue weighted by molar-refractivity contribution is 6.69. The van der Waals surface area contributed by atoms with Gasteiger partial charge in [0.15, 0.2) is 0 Å². The number of anilines is 2. The third-order valence-electron chi connectivity index (χ3n) is 7.43. The molecule has 3 aliphatic rings. The molecule has 1 amide bonds. The molecule has 214 valence electrons. The number of allylic oxidation sites excluding steroid dienone is 5. The lowest BCUT2D eigenvalue weighted by Crippen LogP contribution is -2.62. The van der Waals surface area contributed by atoms with E-state index in [1.54, 1.807) is 24.5 Å². The molecule has 0 spiro atoms. The standard InChI is InChI=1S/C32H29ClF2N6O/c1-18-16-41(17-32(2,3)40-18)30(42)19-7-10-21(11-8-19)38-31-37-14-20-9-12-22-23(28-25(34)5-4-6-26(28)35)13-27(33)36-15-24(22)29(20)39-31/h4-8,10-15,18,40H,9,16-17H2,1-3H3,(H,37,38,39). The quantitative estimate of drug-likeness (QED) is 0.377. The fourth-order valence-corrected chi connectivity index (χ4v) is 5.96. The van der Waals surface area contributed by atoms with E-state index in [0.29, 0.717) is 59.1 Å². The van der Waals surface area contributed by atoms with Crippen molar-refractivity contribution in [1.29, 1.82) is 0 Å². The van der Waals surface area contributed by atoms with Crippen LogP contribution in [0.2, 0.25) is 0 Å². The zero-order valence-electron chi connectivity index (χ0n) is 23.4. The number of aromatic nitrogens is 2. The third-order valence-corrected chi connectivity index (χ3v) is 7.64. The molecular formula is C32H29ClF2N6O. The Morgan fingerprint density at radius 1 is 1.10 bits per heavy atom. The normalized spacial score (nSPS) is 19.4. The van der Waals surface area contributed by atoms with Crippen LogP contribution in [0.3, 0.4) is 0 Å². The van der Waals surface area contributed by atoms with E-state index in [9.17, 15) is 13.6 Å². The highest BCUT2D eigenvalue weighted by atomic mass is 35.5. The lowest BCUT2D eigenvalue weighted by Gasteiger charge is -2.42. The van der Waals surface area contributed by atoms with E-state index in [4.69, 9.17) is 16.6 Å². The number of aliphatic imine (C=N–C) groups is 1. The first-order chi connectivity index (χ1) is 20.1. The van der Waals surface area contributed by atoms with Crippen molar-refractivity contribution < 1.29 is 13.6 Å². The Morgan fingerprint density at radius 3 is 2.55 bits per heavy atom. The van der Waals surface area contributed by atoms with E-state index >= 15 is 0 Å². The zero-order chi connectivity index (χ0) is 29.6. The number of halogens is 3. The number of fused-ring (bicyclic) bond motifs is 3. The van der Waals surface area contributed by atoms with Crippen molar-refractivity contribution in [2.45, 2.75) is 38.8 Å². The third kappa shape index (κ3) is 5.49. The van der Waals surface area contributed by atoms with Gasteiger partial charge < -0.3 is 15.5 Å². The summed E-state index contributed by atoms with van der Waals surface area (Å²) in [6.45, 7) is 7.53. The molecule has 0 bridgehead atoms. The van der Waals surface area contributed by atoms with Gasteiger partial charge in [-0.15, -0.1) is 0 Å². The SMILES string of the molecule is CC1CN(C(=O)c2ccc(Nc3ncc4c(n3)C3=CN=C(Cl)C=C(c5c(F)cccc5F)C3=CC4)cc2)CC(C)(C)N1. The number of hydrogen-bond donors (Lipinski definition) is 2. The minimum absolute atomic E-state index is 0.0120. The fourth-order valence-electron chi connectivity index (χ4n) is 5.80. The molecule has 2 aliphatic heterocycles. The fraction of sp³-hybridized carbons (Fsp3) is 0.250. The molecule has 7 nitrogen and oxygen atoms in total. The number of carbonyl (C=O) groups is 1. The van der Waals surface area contributed by atoms with E-state index < -0.39 is 11.6 Å². The van der Waals surface area contributed by atoms with E-state index in [0.717, 1.165) is 5.56 Å². The van der Waals surface area contributed by atoms with Crippen LogP contribution in [-0.4, -0.2) is 50.6 Å². The minimum atomic E-state index is -0.694. The lowest BCUT2D eigenvalue weighted by molar-refractivity contribution is 0.0596. The molecule has 10 heteroatoms.